The monoisotopic (exact) mass is 284 g/mol. The molecule has 0 aliphatic carbocycles. The SMILES string of the molecule is C=[N+]([CH-]c1cc([N+](=O)[O-])ccc1O)c1c(C)cccc1C. The van der Waals surface area contributed by atoms with Crippen molar-refractivity contribution in [2.24, 2.45) is 0 Å². The molecular formula is C16H16N2O3. The molecule has 0 saturated carbocycles. The number of non-ortho nitro benzene ring substituents is 1. The number of nitrogens with zero attached hydrogens (tertiary/aromatic N) is 2. The van der Waals surface area contributed by atoms with Crippen molar-refractivity contribution in [3.8, 4) is 5.75 Å². The predicted octanol–water partition coefficient (Wildman–Crippen LogP) is 3.47. The fraction of sp³-hybridized carbons (Fsp3) is 0.125. The second kappa shape index (κ2) is 5.66. The van der Waals surface area contributed by atoms with Gasteiger partial charge in [-0.05, 0) is 42.7 Å². The third-order valence-electron chi connectivity index (χ3n) is 3.24. The maximum absolute atomic E-state index is 10.8. The summed E-state index contributed by atoms with van der Waals surface area (Å²) >= 11 is 0. The predicted molar refractivity (Wildman–Crippen MR) is 81.1 cm³/mol. The number of hydrogen-bond acceptors (Lipinski definition) is 3. The van der Waals surface area contributed by atoms with Crippen molar-refractivity contribution in [3.63, 3.8) is 0 Å². The van der Waals surface area contributed by atoms with Crippen molar-refractivity contribution in [2.75, 3.05) is 0 Å². The minimum Gasteiger partial charge on any atom is -0.542 e. The zero-order valence-electron chi connectivity index (χ0n) is 11.9. The summed E-state index contributed by atoms with van der Waals surface area (Å²) in [4.78, 5) is 10.3. The van der Waals surface area contributed by atoms with Gasteiger partial charge in [0, 0.05) is 6.07 Å². The van der Waals surface area contributed by atoms with Gasteiger partial charge < -0.3 is 5.11 Å². The number of hydrogen-bond donors (Lipinski definition) is 1. The molecule has 2 aromatic carbocycles. The van der Waals surface area contributed by atoms with E-state index in [1.165, 1.54) is 18.2 Å². The zero-order valence-corrected chi connectivity index (χ0v) is 11.9. The summed E-state index contributed by atoms with van der Waals surface area (Å²) in [6, 6.07) is 9.76. The molecule has 0 bridgehead atoms. The van der Waals surface area contributed by atoms with Gasteiger partial charge in [-0.3, -0.25) is 14.7 Å². The Bertz CT molecular complexity index is 703. The van der Waals surface area contributed by atoms with Crippen LogP contribution >= 0.6 is 0 Å². The molecule has 0 spiro atoms. The molecule has 2 aromatic rings. The van der Waals surface area contributed by atoms with E-state index in [0.717, 1.165) is 16.8 Å². The number of phenols is 1. The van der Waals surface area contributed by atoms with Crippen LogP contribution in [0, 0.1) is 30.5 Å². The number of aromatic hydroxyl groups is 1. The van der Waals surface area contributed by atoms with E-state index in [9.17, 15) is 15.2 Å². The molecule has 0 amide bonds. The molecule has 0 atom stereocenters. The normalized spacial score (nSPS) is 10.2. The van der Waals surface area contributed by atoms with Gasteiger partial charge in [-0.25, -0.2) is 0 Å². The van der Waals surface area contributed by atoms with E-state index in [2.05, 4.69) is 6.72 Å². The molecule has 21 heavy (non-hydrogen) atoms. The Morgan fingerprint density at radius 3 is 2.38 bits per heavy atom. The Kier molecular flexibility index (Phi) is 3.93. The summed E-state index contributed by atoms with van der Waals surface area (Å²) in [6.07, 6.45) is 0. The average Bonchev–Trinajstić information content (AvgIpc) is 2.40. The van der Waals surface area contributed by atoms with Gasteiger partial charge in [0.15, 0.2) is 5.69 Å². The van der Waals surface area contributed by atoms with Crippen LogP contribution in [0.25, 0.3) is 0 Å². The van der Waals surface area contributed by atoms with Crippen molar-refractivity contribution in [3.05, 3.63) is 69.7 Å². The second-order valence-electron chi connectivity index (χ2n) is 4.84. The minimum absolute atomic E-state index is 0.0273. The topological polar surface area (TPSA) is 66.4 Å². The van der Waals surface area contributed by atoms with E-state index in [0.29, 0.717) is 5.56 Å². The number of nitro benzene ring substituents is 1. The molecule has 0 aromatic heterocycles. The zero-order chi connectivity index (χ0) is 15.6. The van der Waals surface area contributed by atoms with Crippen molar-refractivity contribution in [1.29, 1.82) is 0 Å². The van der Waals surface area contributed by atoms with Crippen LogP contribution in [0.4, 0.5) is 11.4 Å². The Balaban J connectivity index is 2.36. The molecular weight excluding hydrogens is 268 g/mol. The number of para-hydroxylation sites is 1. The van der Waals surface area contributed by atoms with Crippen LogP contribution in [0.5, 0.6) is 5.75 Å². The molecule has 0 heterocycles. The van der Waals surface area contributed by atoms with E-state index < -0.39 is 4.92 Å². The van der Waals surface area contributed by atoms with Gasteiger partial charge in [-0.15, -0.1) is 0 Å². The van der Waals surface area contributed by atoms with Crippen LogP contribution in [0.15, 0.2) is 36.4 Å². The number of rotatable bonds is 4. The van der Waals surface area contributed by atoms with Crippen LogP contribution in [-0.2, 0) is 0 Å². The lowest BCUT2D eigenvalue weighted by Crippen LogP contribution is -2.04. The van der Waals surface area contributed by atoms with Crippen molar-refractivity contribution >= 4 is 18.1 Å². The van der Waals surface area contributed by atoms with Gasteiger partial charge in [0.05, 0.1) is 17.4 Å². The highest BCUT2D eigenvalue weighted by Gasteiger charge is 2.13. The Hall–Kier alpha value is -2.82. The molecule has 0 radical (unpaired) electrons. The van der Waals surface area contributed by atoms with Gasteiger partial charge in [0.25, 0.3) is 0 Å². The lowest BCUT2D eigenvalue weighted by Gasteiger charge is -2.13. The number of phenolic OH excluding ortho intramolecular Hbond substituents is 1. The largest absolute Gasteiger partial charge is 0.542 e. The van der Waals surface area contributed by atoms with E-state index >= 15 is 0 Å². The van der Waals surface area contributed by atoms with Gasteiger partial charge in [-0.1, -0.05) is 18.2 Å². The summed E-state index contributed by atoms with van der Waals surface area (Å²) in [5, 5.41) is 20.7. The van der Waals surface area contributed by atoms with Crippen LogP contribution in [0.3, 0.4) is 0 Å². The molecule has 2 rings (SSSR count). The molecule has 0 unspecified atom stereocenters. The molecule has 1 N–H and O–H groups in total. The van der Waals surface area contributed by atoms with Crippen LogP contribution in [-0.4, -0.2) is 21.3 Å². The molecule has 5 nitrogen and oxygen atoms in total. The third kappa shape index (κ3) is 3.02. The fourth-order valence-electron chi connectivity index (χ4n) is 2.25. The van der Waals surface area contributed by atoms with E-state index in [1.54, 1.807) is 11.1 Å². The summed E-state index contributed by atoms with van der Waals surface area (Å²) in [7, 11) is 0. The molecule has 0 saturated heterocycles. The number of aryl methyl sites for hydroxylation is 2. The summed E-state index contributed by atoms with van der Waals surface area (Å²) in [5.74, 6) is -0.0273. The average molecular weight is 284 g/mol. The van der Waals surface area contributed by atoms with Crippen molar-refractivity contribution in [2.45, 2.75) is 13.8 Å². The molecule has 0 fully saturated rings. The van der Waals surface area contributed by atoms with E-state index in [-0.39, 0.29) is 11.4 Å². The fourth-order valence-corrected chi connectivity index (χ4v) is 2.25. The molecule has 108 valence electrons. The smallest absolute Gasteiger partial charge is 0.238 e. The van der Waals surface area contributed by atoms with Gasteiger partial charge >= 0.3 is 0 Å². The summed E-state index contributed by atoms with van der Waals surface area (Å²) < 4.78 is 1.61. The molecule has 0 aliphatic heterocycles. The first-order chi connectivity index (χ1) is 9.90. The van der Waals surface area contributed by atoms with E-state index in [4.69, 9.17) is 0 Å². The summed E-state index contributed by atoms with van der Waals surface area (Å²) in [6.45, 7) is 9.44. The molecule has 5 heteroatoms. The Morgan fingerprint density at radius 1 is 1.19 bits per heavy atom. The van der Waals surface area contributed by atoms with Gasteiger partial charge in [0.1, 0.15) is 6.54 Å². The van der Waals surface area contributed by atoms with Crippen LogP contribution in [0.1, 0.15) is 16.7 Å². The standard InChI is InChI=1S/C16H16N2O3/c1-11-5-4-6-12(2)16(11)17(3)10-13-9-14(18(20)21)7-8-15(13)19/h4-10,19H,3H2,1-2H3. The van der Waals surface area contributed by atoms with Crippen LogP contribution < -0.4 is 0 Å². The first-order valence-electron chi connectivity index (χ1n) is 6.38. The third-order valence-corrected chi connectivity index (χ3v) is 3.24. The maximum atomic E-state index is 10.8. The van der Waals surface area contributed by atoms with Crippen molar-refractivity contribution < 1.29 is 14.6 Å². The maximum Gasteiger partial charge on any atom is 0.238 e. The number of benzene rings is 2. The highest BCUT2D eigenvalue weighted by atomic mass is 16.6. The number of nitro groups is 1. The molecule has 0 aliphatic rings. The first kappa shape index (κ1) is 14.6. The Morgan fingerprint density at radius 2 is 1.81 bits per heavy atom. The lowest BCUT2D eigenvalue weighted by molar-refractivity contribution is -0.386. The summed E-state index contributed by atoms with van der Waals surface area (Å²) in [5.41, 5.74) is 3.25. The first-order valence-corrected chi connectivity index (χ1v) is 6.38. The highest BCUT2D eigenvalue weighted by molar-refractivity contribution is 5.51. The van der Waals surface area contributed by atoms with Gasteiger partial charge in [-0.2, -0.15) is 0 Å². The Labute approximate surface area is 123 Å². The van der Waals surface area contributed by atoms with Crippen molar-refractivity contribution in [1.82, 2.24) is 0 Å². The highest BCUT2D eigenvalue weighted by Crippen LogP contribution is 2.29. The van der Waals surface area contributed by atoms with Crippen LogP contribution in [0.2, 0.25) is 0 Å². The quantitative estimate of drug-likeness (QED) is 0.307. The minimum atomic E-state index is -0.497. The van der Waals surface area contributed by atoms with E-state index in [1.807, 2.05) is 32.0 Å². The van der Waals surface area contributed by atoms with Gasteiger partial charge in [0.2, 0.25) is 5.69 Å². The lowest BCUT2D eigenvalue weighted by atomic mass is 10.1. The second-order valence-corrected chi connectivity index (χ2v) is 4.84.